The van der Waals surface area contributed by atoms with Crippen molar-refractivity contribution in [1.82, 2.24) is 0 Å². The van der Waals surface area contributed by atoms with Gasteiger partial charge < -0.3 is 4.74 Å². The largest absolute Gasteiger partial charge is 0.489 e. The normalized spacial score (nSPS) is 10.3. The van der Waals surface area contributed by atoms with Gasteiger partial charge in [0.1, 0.15) is 18.2 Å². The van der Waals surface area contributed by atoms with Crippen molar-refractivity contribution in [3.63, 3.8) is 0 Å². The lowest BCUT2D eigenvalue weighted by molar-refractivity contribution is 0.299. The predicted molar refractivity (Wildman–Crippen MR) is 76.0 cm³/mol. The summed E-state index contributed by atoms with van der Waals surface area (Å²) in [5.41, 5.74) is 1.94. The maximum atomic E-state index is 13.7. The first-order valence-corrected chi connectivity index (χ1v) is 6.51. The van der Waals surface area contributed by atoms with E-state index in [2.05, 4.69) is 13.8 Å². The second-order valence-electron chi connectivity index (χ2n) is 4.93. The second-order valence-corrected chi connectivity index (χ2v) is 4.93. The van der Waals surface area contributed by atoms with Gasteiger partial charge in [-0.1, -0.05) is 32.0 Å². The van der Waals surface area contributed by atoms with E-state index >= 15 is 0 Å². The molecule has 0 fully saturated rings. The van der Waals surface area contributed by atoms with Gasteiger partial charge in [0.25, 0.3) is 0 Å². The zero-order chi connectivity index (χ0) is 14.5. The minimum atomic E-state index is -0.413. The standard InChI is InChI=1S/C17H16FNO/c1-12(2)14-4-3-5-16(9-14)20-11-15-7-6-13(10-19)8-17(15)18/h3-9,12H,11H2,1-2H3. The van der Waals surface area contributed by atoms with Crippen LogP contribution in [0.25, 0.3) is 0 Å². The summed E-state index contributed by atoms with van der Waals surface area (Å²) < 4.78 is 19.3. The molecule has 3 heteroatoms. The number of hydrogen-bond acceptors (Lipinski definition) is 2. The van der Waals surface area contributed by atoms with Crippen LogP contribution in [-0.2, 0) is 6.61 Å². The fourth-order valence-corrected chi connectivity index (χ4v) is 1.86. The minimum Gasteiger partial charge on any atom is -0.489 e. The van der Waals surface area contributed by atoms with Gasteiger partial charge in [0.05, 0.1) is 11.6 Å². The molecule has 20 heavy (non-hydrogen) atoms. The van der Waals surface area contributed by atoms with Gasteiger partial charge in [0.2, 0.25) is 0 Å². The monoisotopic (exact) mass is 269 g/mol. The molecule has 0 aliphatic rings. The molecule has 2 nitrogen and oxygen atoms in total. The average molecular weight is 269 g/mol. The molecule has 0 saturated heterocycles. The Morgan fingerprint density at radius 1 is 1.20 bits per heavy atom. The van der Waals surface area contributed by atoms with Gasteiger partial charge in [0.15, 0.2) is 0 Å². The Labute approximate surface area is 118 Å². The van der Waals surface area contributed by atoms with Crippen molar-refractivity contribution < 1.29 is 9.13 Å². The number of hydrogen-bond donors (Lipinski definition) is 0. The third kappa shape index (κ3) is 3.36. The molecule has 2 aromatic carbocycles. The van der Waals surface area contributed by atoms with Crippen molar-refractivity contribution in [3.8, 4) is 11.8 Å². The molecule has 0 bridgehead atoms. The summed E-state index contributed by atoms with van der Waals surface area (Å²) in [6.45, 7) is 4.37. The van der Waals surface area contributed by atoms with Crippen molar-refractivity contribution in [2.24, 2.45) is 0 Å². The van der Waals surface area contributed by atoms with E-state index in [0.29, 0.717) is 17.0 Å². The van der Waals surface area contributed by atoms with Crippen LogP contribution in [0, 0.1) is 17.1 Å². The van der Waals surface area contributed by atoms with E-state index in [0.717, 1.165) is 5.75 Å². The van der Waals surface area contributed by atoms with E-state index in [9.17, 15) is 4.39 Å². The Morgan fingerprint density at radius 3 is 2.65 bits per heavy atom. The summed E-state index contributed by atoms with van der Waals surface area (Å²) in [4.78, 5) is 0. The highest BCUT2D eigenvalue weighted by atomic mass is 19.1. The summed E-state index contributed by atoms with van der Waals surface area (Å²) in [5, 5.41) is 8.70. The molecule has 0 heterocycles. The molecule has 0 radical (unpaired) electrons. The van der Waals surface area contributed by atoms with Gasteiger partial charge in [-0.2, -0.15) is 5.26 Å². The van der Waals surface area contributed by atoms with Crippen LogP contribution in [0.2, 0.25) is 0 Å². The molecule has 0 unspecified atom stereocenters. The summed E-state index contributed by atoms with van der Waals surface area (Å²) in [6.07, 6.45) is 0. The minimum absolute atomic E-state index is 0.152. The molecule has 102 valence electrons. The topological polar surface area (TPSA) is 33.0 Å². The smallest absolute Gasteiger partial charge is 0.131 e. The lowest BCUT2D eigenvalue weighted by atomic mass is 10.0. The molecular formula is C17H16FNO. The summed E-state index contributed by atoms with van der Waals surface area (Å²) >= 11 is 0. The number of rotatable bonds is 4. The Morgan fingerprint density at radius 2 is 2.00 bits per heavy atom. The van der Waals surface area contributed by atoms with Crippen LogP contribution < -0.4 is 4.74 Å². The highest BCUT2D eigenvalue weighted by Gasteiger charge is 2.06. The predicted octanol–water partition coefficient (Wildman–Crippen LogP) is 4.40. The Hall–Kier alpha value is -2.34. The van der Waals surface area contributed by atoms with E-state index in [1.54, 1.807) is 12.1 Å². The molecule has 0 aliphatic heterocycles. The molecule has 2 rings (SSSR count). The van der Waals surface area contributed by atoms with Gasteiger partial charge in [-0.15, -0.1) is 0 Å². The molecule has 0 aromatic heterocycles. The number of nitriles is 1. The number of benzene rings is 2. The van der Waals surface area contributed by atoms with Crippen molar-refractivity contribution in [1.29, 1.82) is 5.26 Å². The first-order chi connectivity index (χ1) is 9.60. The number of nitrogens with zero attached hydrogens (tertiary/aromatic N) is 1. The first-order valence-electron chi connectivity index (χ1n) is 6.51. The second kappa shape index (κ2) is 6.21. The lowest BCUT2D eigenvalue weighted by Gasteiger charge is -2.10. The zero-order valence-corrected chi connectivity index (χ0v) is 11.6. The van der Waals surface area contributed by atoms with Gasteiger partial charge in [-0.05, 0) is 35.7 Å². The van der Waals surface area contributed by atoms with E-state index in [-0.39, 0.29) is 6.61 Å². The van der Waals surface area contributed by atoms with Crippen molar-refractivity contribution in [2.45, 2.75) is 26.4 Å². The summed E-state index contributed by atoms with van der Waals surface area (Å²) in [7, 11) is 0. The molecule has 0 atom stereocenters. The van der Waals surface area contributed by atoms with Crippen molar-refractivity contribution in [3.05, 3.63) is 65.0 Å². The first kappa shape index (κ1) is 14.1. The van der Waals surface area contributed by atoms with E-state index in [1.165, 1.54) is 11.6 Å². The summed E-state index contributed by atoms with van der Waals surface area (Å²) in [6, 6.07) is 14.1. The zero-order valence-electron chi connectivity index (χ0n) is 11.6. The van der Waals surface area contributed by atoms with E-state index in [4.69, 9.17) is 10.00 Å². The Kier molecular flexibility index (Phi) is 4.37. The fraction of sp³-hybridized carbons (Fsp3) is 0.235. The SMILES string of the molecule is CC(C)c1cccc(OCc2ccc(C#N)cc2F)c1. The lowest BCUT2D eigenvalue weighted by Crippen LogP contribution is -1.99. The van der Waals surface area contributed by atoms with E-state index in [1.807, 2.05) is 30.3 Å². The summed E-state index contributed by atoms with van der Waals surface area (Å²) in [5.74, 6) is 0.731. The van der Waals surface area contributed by atoms with Crippen LogP contribution >= 0.6 is 0 Å². The quantitative estimate of drug-likeness (QED) is 0.824. The molecule has 0 spiro atoms. The van der Waals surface area contributed by atoms with Gasteiger partial charge in [-0.25, -0.2) is 4.39 Å². The van der Waals surface area contributed by atoms with Crippen LogP contribution in [-0.4, -0.2) is 0 Å². The fourth-order valence-electron chi connectivity index (χ4n) is 1.86. The maximum absolute atomic E-state index is 13.7. The van der Waals surface area contributed by atoms with E-state index < -0.39 is 5.82 Å². The molecule has 0 N–H and O–H groups in total. The van der Waals surface area contributed by atoms with Gasteiger partial charge in [-0.3, -0.25) is 0 Å². The molecule has 0 aliphatic carbocycles. The third-order valence-electron chi connectivity index (χ3n) is 3.10. The van der Waals surface area contributed by atoms with Gasteiger partial charge >= 0.3 is 0 Å². The highest BCUT2D eigenvalue weighted by Crippen LogP contribution is 2.21. The van der Waals surface area contributed by atoms with Crippen molar-refractivity contribution in [2.75, 3.05) is 0 Å². The van der Waals surface area contributed by atoms with Crippen LogP contribution in [0.3, 0.4) is 0 Å². The maximum Gasteiger partial charge on any atom is 0.131 e. The Balaban J connectivity index is 2.09. The molecule has 0 amide bonds. The average Bonchev–Trinajstić information content (AvgIpc) is 2.46. The van der Waals surface area contributed by atoms with Crippen LogP contribution in [0.15, 0.2) is 42.5 Å². The van der Waals surface area contributed by atoms with Crippen LogP contribution in [0.1, 0.15) is 36.5 Å². The van der Waals surface area contributed by atoms with Crippen LogP contribution in [0.5, 0.6) is 5.75 Å². The van der Waals surface area contributed by atoms with Gasteiger partial charge in [0, 0.05) is 5.56 Å². The highest BCUT2D eigenvalue weighted by molar-refractivity contribution is 5.34. The number of halogens is 1. The Bertz CT molecular complexity index is 644. The number of ether oxygens (including phenoxy) is 1. The molecule has 2 aromatic rings. The van der Waals surface area contributed by atoms with Crippen LogP contribution in [0.4, 0.5) is 4.39 Å². The molecular weight excluding hydrogens is 253 g/mol. The van der Waals surface area contributed by atoms with Crippen molar-refractivity contribution >= 4 is 0 Å². The third-order valence-corrected chi connectivity index (χ3v) is 3.10. The molecule has 0 saturated carbocycles.